The fraction of sp³-hybridized carbons (Fsp3) is 0.800. The molecule has 1 fully saturated rings. The summed E-state index contributed by atoms with van der Waals surface area (Å²) in [5, 5.41) is 11.1. The summed E-state index contributed by atoms with van der Waals surface area (Å²) in [4.78, 5) is 22.5. The lowest BCUT2D eigenvalue weighted by Gasteiger charge is -2.45. The van der Waals surface area contributed by atoms with E-state index in [4.69, 9.17) is 5.11 Å². The van der Waals surface area contributed by atoms with E-state index in [0.29, 0.717) is 0 Å². The highest BCUT2D eigenvalue weighted by molar-refractivity contribution is 5.90. The molecule has 0 atom stereocenters. The number of rotatable bonds is 2. The molecule has 0 spiro atoms. The summed E-state index contributed by atoms with van der Waals surface area (Å²) in [6, 6.07) is 0. The van der Waals surface area contributed by atoms with Crippen LogP contribution in [-0.4, -0.2) is 28.4 Å². The maximum absolute atomic E-state index is 12.7. The lowest BCUT2D eigenvalue weighted by atomic mass is 9.72. The molecule has 6 heteroatoms. The van der Waals surface area contributed by atoms with Crippen molar-refractivity contribution in [2.24, 2.45) is 5.41 Å². The molecule has 2 N–H and O–H groups in total. The van der Waals surface area contributed by atoms with Crippen LogP contribution in [0.2, 0.25) is 0 Å². The van der Waals surface area contributed by atoms with Crippen molar-refractivity contribution in [2.45, 2.75) is 45.1 Å². The van der Waals surface area contributed by atoms with Gasteiger partial charge in [-0.25, -0.2) is 13.6 Å². The van der Waals surface area contributed by atoms with Crippen molar-refractivity contribution in [1.82, 2.24) is 5.32 Å². The van der Waals surface area contributed by atoms with Crippen LogP contribution in [-0.2, 0) is 9.59 Å². The molecule has 0 aromatic rings. The lowest BCUT2D eigenvalue weighted by molar-refractivity contribution is -0.180. The highest BCUT2D eigenvalue weighted by Crippen LogP contribution is 2.46. The first-order chi connectivity index (χ1) is 6.99. The third-order valence-corrected chi connectivity index (χ3v) is 2.56. The third-order valence-electron chi connectivity index (χ3n) is 2.56. The van der Waals surface area contributed by atoms with Crippen LogP contribution in [0.1, 0.15) is 33.6 Å². The van der Waals surface area contributed by atoms with Crippen molar-refractivity contribution in [3.63, 3.8) is 0 Å². The van der Waals surface area contributed by atoms with Gasteiger partial charge in [-0.1, -0.05) is 20.8 Å². The van der Waals surface area contributed by atoms with Gasteiger partial charge in [-0.15, -0.1) is 0 Å². The highest BCUT2D eigenvalue weighted by Gasteiger charge is 2.62. The van der Waals surface area contributed by atoms with E-state index in [1.807, 2.05) is 0 Å². The van der Waals surface area contributed by atoms with Gasteiger partial charge >= 0.3 is 5.97 Å². The minimum Gasteiger partial charge on any atom is -0.479 e. The largest absolute Gasteiger partial charge is 0.479 e. The van der Waals surface area contributed by atoms with Gasteiger partial charge in [-0.05, 0) is 0 Å². The quantitative estimate of drug-likeness (QED) is 0.760. The average Bonchev–Trinajstić information content (AvgIpc) is 1.97. The van der Waals surface area contributed by atoms with E-state index < -0.39 is 41.6 Å². The van der Waals surface area contributed by atoms with Crippen molar-refractivity contribution < 1.29 is 23.5 Å². The molecule has 0 heterocycles. The summed E-state index contributed by atoms with van der Waals surface area (Å²) in [7, 11) is 0. The predicted molar refractivity (Wildman–Crippen MR) is 52.1 cm³/mol. The number of alkyl halides is 2. The topological polar surface area (TPSA) is 66.4 Å². The average molecular weight is 235 g/mol. The van der Waals surface area contributed by atoms with Gasteiger partial charge in [0.15, 0.2) is 0 Å². The fourth-order valence-electron chi connectivity index (χ4n) is 1.53. The second kappa shape index (κ2) is 3.40. The van der Waals surface area contributed by atoms with Crippen molar-refractivity contribution in [3.05, 3.63) is 0 Å². The smallest absolute Gasteiger partial charge is 0.329 e. The standard InChI is InChI=1S/C10H15F2NO3/c1-8(2,3)6(14)13-9(7(15)16)4-10(11,12)5-9/h4-5H2,1-3H3,(H,13,14)(H,15,16). The first-order valence-corrected chi connectivity index (χ1v) is 4.92. The Morgan fingerprint density at radius 1 is 1.25 bits per heavy atom. The molecule has 0 aromatic carbocycles. The molecule has 0 aliphatic heterocycles. The Bertz CT molecular complexity index is 325. The molecule has 1 amide bonds. The summed E-state index contributed by atoms with van der Waals surface area (Å²) in [5.41, 5.74) is -2.60. The molecule has 92 valence electrons. The predicted octanol–water partition coefficient (Wildman–Crippen LogP) is 1.40. The zero-order valence-electron chi connectivity index (χ0n) is 9.43. The van der Waals surface area contributed by atoms with Crippen LogP contribution in [0.3, 0.4) is 0 Å². The summed E-state index contributed by atoms with van der Waals surface area (Å²) in [6.45, 7) is 4.78. The van der Waals surface area contributed by atoms with E-state index in [2.05, 4.69) is 5.32 Å². The van der Waals surface area contributed by atoms with Gasteiger partial charge in [-0.3, -0.25) is 4.79 Å². The highest BCUT2D eigenvalue weighted by atomic mass is 19.3. The number of carbonyl (C=O) groups excluding carboxylic acids is 1. The van der Waals surface area contributed by atoms with Gasteiger partial charge in [0.1, 0.15) is 5.54 Å². The molecule has 1 aliphatic rings. The van der Waals surface area contributed by atoms with Gasteiger partial charge in [0.25, 0.3) is 5.92 Å². The van der Waals surface area contributed by atoms with Crippen molar-refractivity contribution >= 4 is 11.9 Å². The number of carboxylic acid groups (broad SMARTS) is 1. The Kier molecular flexibility index (Phi) is 2.73. The van der Waals surface area contributed by atoms with E-state index in [-0.39, 0.29) is 0 Å². The van der Waals surface area contributed by atoms with E-state index in [9.17, 15) is 18.4 Å². The number of hydrogen-bond acceptors (Lipinski definition) is 2. The molecule has 0 radical (unpaired) electrons. The molecule has 1 aliphatic carbocycles. The molecule has 0 saturated heterocycles. The molecule has 1 saturated carbocycles. The van der Waals surface area contributed by atoms with Crippen LogP contribution < -0.4 is 5.32 Å². The second-order valence-electron chi connectivity index (χ2n) is 5.30. The van der Waals surface area contributed by atoms with Crippen molar-refractivity contribution in [1.29, 1.82) is 0 Å². The number of nitrogens with one attached hydrogen (secondary N) is 1. The number of amides is 1. The van der Waals surface area contributed by atoms with Crippen LogP contribution in [0.25, 0.3) is 0 Å². The Balaban J connectivity index is 2.77. The maximum atomic E-state index is 12.7. The van der Waals surface area contributed by atoms with Crippen LogP contribution in [0, 0.1) is 5.41 Å². The minimum atomic E-state index is -3.00. The Labute approximate surface area is 92.0 Å². The van der Waals surface area contributed by atoms with Gasteiger partial charge in [0.05, 0.1) is 0 Å². The maximum Gasteiger partial charge on any atom is 0.329 e. The molecule has 0 unspecified atom stereocenters. The summed E-state index contributed by atoms with van der Waals surface area (Å²) in [5.74, 6) is -4.94. The van der Waals surface area contributed by atoms with Gasteiger partial charge in [0, 0.05) is 18.3 Å². The molecule has 1 rings (SSSR count). The minimum absolute atomic E-state index is 0.537. The molecule has 0 aromatic heterocycles. The fourth-order valence-corrected chi connectivity index (χ4v) is 1.53. The number of hydrogen-bond donors (Lipinski definition) is 2. The van der Waals surface area contributed by atoms with Crippen molar-refractivity contribution in [3.8, 4) is 0 Å². The molecule has 0 bridgehead atoms. The van der Waals surface area contributed by atoms with Gasteiger partial charge in [-0.2, -0.15) is 0 Å². The first-order valence-electron chi connectivity index (χ1n) is 4.92. The zero-order chi connectivity index (χ0) is 12.8. The van der Waals surface area contributed by atoms with E-state index in [1.165, 1.54) is 0 Å². The first kappa shape index (κ1) is 12.9. The van der Waals surface area contributed by atoms with Crippen LogP contribution in [0.15, 0.2) is 0 Å². The van der Waals surface area contributed by atoms with Crippen LogP contribution in [0.4, 0.5) is 8.78 Å². The van der Waals surface area contributed by atoms with Gasteiger partial charge < -0.3 is 10.4 Å². The van der Waals surface area contributed by atoms with E-state index >= 15 is 0 Å². The third kappa shape index (κ3) is 2.31. The normalized spacial score (nSPS) is 22.1. The summed E-state index contributed by atoms with van der Waals surface area (Å²) < 4.78 is 25.5. The Hall–Kier alpha value is -1.20. The lowest BCUT2D eigenvalue weighted by Crippen LogP contribution is -2.67. The molecular formula is C10H15F2NO3. The zero-order valence-corrected chi connectivity index (χ0v) is 9.43. The number of carbonyl (C=O) groups is 2. The molecule has 4 nitrogen and oxygen atoms in total. The number of halogens is 2. The Morgan fingerprint density at radius 2 is 1.69 bits per heavy atom. The SMILES string of the molecule is CC(C)(C)C(=O)NC1(C(=O)O)CC(F)(F)C1. The van der Waals surface area contributed by atoms with E-state index in [0.717, 1.165) is 0 Å². The Morgan fingerprint density at radius 3 is 1.94 bits per heavy atom. The number of aliphatic carboxylic acids is 1. The second-order valence-corrected chi connectivity index (χ2v) is 5.30. The van der Waals surface area contributed by atoms with Crippen LogP contribution in [0.5, 0.6) is 0 Å². The molecule has 16 heavy (non-hydrogen) atoms. The monoisotopic (exact) mass is 235 g/mol. The summed E-state index contributed by atoms with van der Waals surface area (Å²) in [6.07, 6.45) is -1.67. The summed E-state index contributed by atoms with van der Waals surface area (Å²) >= 11 is 0. The van der Waals surface area contributed by atoms with Crippen molar-refractivity contribution in [2.75, 3.05) is 0 Å². The van der Waals surface area contributed by atoms with Crippen LogP contribution >= 0.6 is 0 Å². The number of carboxylic acids is 1. The van der Waals surface area contributed by atoms with E-state index in [1.54, 1.807) is 20.8 Å². The van der Waals surface area contributed by atoms with Gasteiger partial charge in [0.2, 0.25) is 5.91 Å². The molecular weight excluding hydrogens is 220 g/mol.